The smallest absolute Gasteiger partial charge is 0.305 e. The Kier molecular flexibility index (Phi) is 38.2. The lowest BCUT2D eigenvalue weighted by atomic mass is 10.1. The third-order valence-corrected chi connectivity index (χ3v) is 8.85. The Labute approximate surface area is 287 Å². The van der Waals surface area contributed by atoms with Gasteiger partial charge in [0.1, 0.15) is 0 Å². The average molecular weight is 647 g/mol. The maximum absolute atomic E-state index is 11.9. The lowest BCUT2D eigenvalue weighted by molar-refractivity contribution is -0.145. The third kappa shape index (κ3) is 38.6. The van der Waals surface area contributed by atoms with Crippen LogP contribution in [0.4, 0.5) is 0 Å². The molecule has 0 radical (unpaired) electrons. The molecule has 0 aliphatic rings. The van der Waals surface area contributed by atoms with Gasteiger partial charge in [0.15, 0.2) is 0 Å². The van der Waals surface area contributed by atoms with Gasteiger partial charge in [-0.05, 0) is 89.9 Å². The van der Waals surface area contributed by atoms with E-state index in [1.807, 2.05) is 0 Å². The molecular formula is C42H78O4. The van der Waals surface area contributed by atoms with Crippen LogP contribution in [0.5, 0.6) is 0 Å². The molecule has 0 saturated carbocycles. The SMILES string of the molecule is CCCCCCCC/C=C\CCCCCCCC(=O)OCCCCCCOC(=O)CCCCCCC/C=C/CCCCCCCC. The summed E-state index contributed by atoms with van der Waals surface area (Å²) in [5, 5.41) is 0. The molecule has 0 aromatic rings. The quantitative estimate of drug-likeness (QED) is 0.0383. The van der Waals surface area contributed by atoms with Gasteiger partial charge in [0.25, 0.3) is 0 Å². The van der Waals surface area contributed by atoms with E-state index in [2.05, 4.69) is 38.2 Å². The molecule has 0 N–H and O–H groups in total. The van der Waals surface area contributed by atoms with Crippen LogP contribution in [0.1, 0.15) is 219 Å². The topological polar surface area (TPSA) is 52.6 Å². The van der Waals surface area contributed by atoms with Crippen LogP contribution in [0.25, 0.3) is 0 Å². The molecule has 0 atom stereocenters. The summed E-state index contributed by atoms with van der Waals surface area (Å²) in [6.07, 6.45) is 47.2. The second-order valence-corrected chi connectivity index (χ2v) is 13.5. The Morgan fingerprint density at radius 1 is 0.348 bits per heavy atom. The van der Waals surface area contributed by atoms with E-state index in [1.165, 1.54) is 141 Å². The maximum atomic E-state index is 11.9. The van der Waals surface area contributed by atoms with Crippen molar-refractivity contribution in [2.45, 2.75) is 219 Å². The molecule has 0 aliphatic carbocycles. The van der Waals surface area contributed by atoms with Gasteiger partial charge in [0.2, 0.25) is 0 Å². The highest BCUT2D eigenvalue weighted by Gasteiger charge is 2.04. The molecular weight excluding hydrogens is 568 g/mol. The van der Waals surface area contributed by atoms with Crippen molar-refractivity contribution in [1.29, 1.82) is 0 Å². The minimum Gasteiger partial charge on any atom is -0.466 e. The van der Waals surface area contributed by atoms with Crippen molar-refractivity contribution in [2.75, 3.05) is 13.2 Å². The van der Waals surface area contributed by atoms with Gasteiger partial charge < -0.3 is 9.47 Å². The number of carbonyl (C=O) groups excluding carboxylic acids is 2. The zero-order valence-corrected chi connectivity index (χ0v) is 31.0. The lowest BCUT2D eigenvalue weighted by Crippen LogP contribution is -2.07. The maximum Gasteiger partial charge on any atom is 0.305 e. The standard InChI is InChI=1S/C42H78O4/c1-3-5-7-9-11-13-15-17-19-21-23-25-27-29-33-37-41(43)45-39-35-31-32-36-40-46-42(44)38-34-30-28-26-24-22-20-18-16-14-12-10-8-6-4-2/h17-20H,3-16,21-40H2,1-2H3/b19-17-,20-18+. The summed E-state index contributed by atoms with van der Waals surface area (Å²) < 4.78 is 10.8. The zero-order valence-electron chi connectivity index (χ0n) is 31.0. The molecule has 0 aromatic carbocycles. The highest BCUT2D eigenvalue weighted by atomic mass is 16.5. The summed E-state index contributed by atoms with van der Waals surface area (Å²) in [6, 6.07) is 0. The number of ether oxygens (including phenoxy) is 2. The molecule has 0 heterocycles. The fourth-order valence-electron chi connectivity index (χ4n) is 5.75. The van der Waals surface area contributed by atoms with Crippen molar-refractivity contribution >= 4 is 11.9 Å². The van der Waals surface area contributed by atoms with Crippen LogP contribution < -0.4 is 0 Å². The van der Waals surface area contributed by atoms with E-state index in [4.69, 9.17) is 9.47 Å². The Morgan fingerprint density at radius 3 is 0.935 bits per heavy atom. The number of esters is 2. The van der Waals surface area contributed by atoms with Gasteiger partial charge in [-0.15, -0.1) is 0 Å². The molecule has 4 heteroatoms. The molecule has 0 bridgehead atoms. The molecule has 46 heavy (non-hydrogen) atoms. The van der Waals surface area contributed by atoms with Crippen molar-refractivity contribution in [3.8, 4) is 0 Å². The number of hydrogen-bond acceptors (Lipinski definition) is 4. The van der Waals surface area contributed by atoms with Crippen LogP contribution in [0.15, 0.2) is 24.3 Å². The molecule has 0 fully saturated rings. The van der Waals surface area contributed by atoms with Crippen LogP contribution in [-0.4, -0.2) is 25.2 Å². The van der Waals surface area contributed by atoms with Crippen molar-refractivity contribution in [2.24, 2.45) is 0 Å². The summed E-state index contributed by atoms with van der Waals surface area (Å²) in [4.78, 5) is 23.9. The molecule has 0 aliphatic heterocycles. The minimum atomic E-state index is -0.0535. The van der Waals surface area contributed by atoms with Crippen LogP contribution in [0.2, 0.25) is 0 Å². The van der Waals surface area contributed by atoms with E-state index in [-0.39, 0.29) is 11.9 Å². The van der Waals surface area contributed by atoms with E-state index < -0.39 is 0 Å². The second kappa shape index (κ2) is 39.6. The molecule has 0 rings (SSSR count). The Balaban J connectivity index is 3.30. The number of unbranched alkanes of at least 4 members (excludes halogenated alkanes) is 25. The van der Waals surface area contributed by atoms with Gasteiger partial charge in [-0.1, -0.05) is 141 Å². The van der Waals surface area contributed by atoms with Crippen LogP contribution in [-0.2, 0) is 19.1 Å². The predicted molar refractivity (Wildman–Crippen MR) is 199 cm³/mol. The van der Waals surface area contributed by atoms with Crippen molar-refractivity contribution in [1.82, 2.24) is 0 Å². The first kappa shape index (κ1) is 44.4. The number of rotatable bonds is 37. The van der Waals surface area contributed by atoms with Crippen LogP contribution in [0, 0.1) is 0 Å². The number of carbonyl (C=O) groups is 2. The lowest BCUT2D eigenvalue weighted by Gasteiger charge is -2.06. The summed E-state index contributed by atoms with van der Waals surface area (Å²) in [6.45, 7) is 5.57. The molecule has 0 spiro atoms. The average Bonchev–Trinajstić information content (AvgIpc) is 3.05. The first-order chi connectivity index (χ1) is 22.7. The first-order valence-corrected chi connectivity index (χ1v) is 20.3. The van der Waals surface area contributed by atoms with Gasteiger partial charge in [0, 0.05) is 12.8 Å². The third-order valence-electron chi connectivity index (χ3n) is 8.85. The Bertz CT molecular complexity index is 625. The van der Waals surface area contributed by atoms with Crippen molar-refractivity contribution < 1.29 is 19.1 Å². The van der Waals surface area contributed by atoms with Gasteiger partial charge in [0.05, 0.1) is 13.2 Å². The van der Waals surface area contributed by atoms with Gasteiger partial charge in [-0.25, -0.2) is 0 Å². The van der Waals surface area contributed by atoms with E-state index in [0.717, 1.165) is 51.4 Å². The number of allylic oxidation sites excluding steroid dienone is 4. The first-order valence-electron chi connectivity index (χ1n) is 20.3. The van der Waals surface area contributed by atoms with Gasteiger partial charge >= 0.3 is 11.9 Å². The zero-order chi connectivity index (χ0) is 33.4. The van der Waals surface area contributed by atoms with E-state index >= 15 is 0 Å². The molecule has 0 saturated heterocycles. The fourth-order valence-corrected chi connectivity index (χ4v) is 5.75. The number of hydrogen-bond donors (Lipinski definition) is 0. The molecule has 4 nitrogen and oxygen atoms in total. The van der Waals surface area contributed by atoms with Gasteiger partial charge in [-0.3, -0.25) is 9.59 Å². The van der Waals surface area contributed by atoms with E-state index in [0.29, 0.717) is 26.1 Å². The normalized spacial score (nSPS) is 11.6. The second-order valence-electron chi connectivity index (χ2n) is 13.5. The summed E-state index contributed by atoms with van der Waals surface area (Å²) >= 11 is 0. The molecule has 0 amide bonds. The minimum absolute atomic E-state index is 0.0535. The molecule has 270 valence electrons. The predicted octanol–water partition coefficient (Wildman–Crippen LogP) is 13.7. The Morgan fingerprint density at radius 2 is 0.609 bits per heavy atom. The van der Waals surface area contributed by atoms with Crippen LogP contribution in [0.3, 0.4) is 0 Å². The van der Waals surface area contributed by atoms with E-state index in [9.17, 15) is 9.59 Å². The van der Waals surface area contributed by atoms with Crippen LogP contribution >= 0.6 is 0 Å². The monoisotopic (exact) mass is 647 g/mol. The highest BCUT2D eigenvalue weighted by molar-refractivity contribution is 5.69. The van der Waals surface area contributed by atoms with E-state index in [1.54, 1.807) is 0 Å². The summed E-state index contributed by atoms with van der Waals surface area (Å²) in [5.41, 5.74) is 0. The molecule has 0 unspecified atom stereocenters. The molecule has 0 aromatic heterocycles. The van der Waals surface area contributed by atoms with Crippen molar-refractivity contribution in [3.63, 3.8) is 0 Å². The largest absolute Gasteiger partial charge is 0.466 e. The highest BCUT2D eigenvalue weighted by Crippen LogP contribution is 2.12. The Hall–Kier alpha value is -1.58. The van der Waals surface area contributed by atoms with Gasteiger partial charge in [-0.2, -0.15) is 0 Å². The fraction of sp³-hybridized carbons (Fsp3) is 0.857. The summed E-state index contributed by atoms with van der Waals surface area (Å²) in [5.74, 6) is -0.107. The summed E-state index contributed by atoms with van der Waals surface area (Å²) in [7, 11) is 0. The van der Waals surface area contributed by atoms with Crippen molar-refractivity contribution in [3.05, 3.63) is 24.3 Å².